The first kappa shape index (κ1) is 21.9. The lowest BCUT2D eigenvalue weighted by atomic mass is 9.94. The fourth-order valence-electron chi connectivity index (χ4n) is 4.48. The number of benzene rings is 3. The van der Waals surface area contributed by atoms with E-state index in [0.717, 1.165) is 33.3 Å². The predicted molar refractivity (Wildman–Crippen MR) is 133 cm³/mol. The Balaban J connectivity index is 1.16. The molecule has 1 atom stereocenters. The third-order valence-corrected chi connectivity index (χ3v) is 6.53. The van der Waals surface area contributed by atoms with Crippen LogP contribution in [0.2, 0.25) is 0 Å². The van der Waals surface area contributed by atoms with Crippen LogP contribution in [-0.4, -0.2) is 40.0 Å². The number of fused-ring (bicyclic) bond motifs is 1. The monoisotopic (exact) mass is 453 g/mol. The second-order valence-corrected chi connectivity index (χ2v) is 8.73. The van der Waals surface area contributed by atoms with E-state index in [4.69, 9.17) is 5.73 Å². The summed E-state index contributed by atoms with van der Waals surface area (Å²) in [5.74, 6) is -0.252. The van der Waals surface area contributed by atoms with E-state index < -0.39 is 6.04 Å². The maximum absolute atomic E-state index is 13.0. The Hall–Kier alpha value is -3.97. The van der Waals surface area contributed by atoms with Gasteiger partial charge in [-0.3, -0.25) is 14.7 Å². The number of piperidine rings is 1. The maximum Gasteiger partial charge on any atom is 0.244 e. The average Bonchev–Trinajstić information content (AvgIpc) is 3.36. The summed E-state index contributed by atoms with van der Waals surface area (Å²) < 4.78 is 0. The third kappa shape index (κ3) is 4.56. The lowest BCUT2D eigenvalue weighted by molar-refractivity contribution is -0.135. The second kappa shape index (κ2) is 9.49. The number of nitrogens with two attached hydrogens (primary N) is 1. The number of aromatic nitrogens is 2. The van der Waals surface area contributed by atoms with Gasteiger partial charge in [-0.15, -0.1) is 0 Å². The number of nitrogens with zero attached hydrogens (tertiary/aromatic N) is 2. The Labute approximate surface area is 198 Å². The molecule has 0 aliphatic carbocycles. The Kier molecular flexibility index (Phi) is 6.10. The highest BCUT2D eigenvalue weighted by Crippen LogP contribution is 2.25. The van der Waals surface area contributed by atoms with Crippen LogP contribution < -0.4 is 11.1 Å². The van der Waals surface area contributed by atoms with Gasteiger partial charge in [0.05, 0.1) is 11.7 Å². The summed E-state index contributed by atoms with van der Waals surface area (Å²) in [4.78, 5) is 27.5. The van der Waals surface area contributed by atoms with Gasteiger partial charge in [-0.25, -0.2) is 0 Å². The number of anilines is 1. The minimum Gasteiger partial charge on any atom is -0.341 e. The smallest absolute Gasteiger partial charge is 0.244 e. The number of H-pyrrole nitrogens is 1. The Morgan fingerprint density at radius 2 is 1.68 bits per heavy atom. The van der Waals surface area contributed by atoms with Crippen LogP contribution in [0.15, 0.2) is 79.0 Å². The van der Waals surface area contributed by atoms with Gasteiger partial charge in [-0.2, -0.15) is 5.10 Å². The maximum atomic E-state index is 13.0. The zero-order valence-electron chi connectivity index (χ0n) is 18.8. The van der Waals surface area contributed by atoms with Crippen molar-refractivity contribution < 1.29 is 9.59 Å². The van der Waals surface area contributed by atoms with E-state index in [1.165, 1.54) is 0 Å². The highest BCUT2D eigenvalue weighted by Gasteiger charge is 2.30. The molecule has 5 rings (SSSR count). The Bertz CT molecular complexity index is 1290. The summed E-state index contributed by atoms with van der Waals surface area (Å²) in [5, 5.41) is 10.8. The van der Waals surface area contributed by atoms with E-state index in [2.05, 4.69) is 27.6 Å². The normalized spacial score (nSPS) is 15.3. The summed E-state index contributed by atoms with van der Waals surface area (Å²) in [7, 11) is 0. The standard InChI is InChI=1S/C27H27N5O2/c28-25(20-8-6-19(7-9-20)18-4-2-1-3-5-18)27(34)32-14-12-21(13-15-32)26(33)30-23-10-11-24-22(16-23)17-29-31-24/h1-11,16-17,21,25H,12-15,28H2,(H,29,31)(H,30,33). The number of rotatable bonds is 5. The van der Waals surface area contributed by atoms with Gasteiger partial charge in [0, 0.05) is 30.1 Å². The van der Waals surface area contributed by atoms with Crippen molar-refractivity contribution in [3.63, 3.8) is 0 Å². The Morgan fingerprint density at radius 3 is 2.41 bits per heavy atom. The van der Waals surface area contributed by atoms with E-state index in [-0.39, 0.29) is 17.7 Å². The zero-order valence-corrected chi connectivity index (χ0v) is 18.8. The molecule has 0 spiro atoms. The molecule has 172 valence electrons. The first-order valence-corrected chi connectivity index (χ1v) is 11.5. The molecule has 1 aliphatic rings. The zero-order chi connectivity index (χ0) is 23.5. The highest BCUT2D eigenvalue weighted by atomic mass is 16.2. The molecule has 0 saturated carbocycles. The number of carbonyl (C=O) groups is 2. The summed E-state index contributed by atoms with van der Waals surface area (Å²) in [6.07, 6.45) is 2.96. The summed E-state index contributed by atoms with van der Waals surface area (Å²) >= 11 is 0. The molecule has 2 heterocycles. The van der Waals surface area contributed by atoms with E-state index >= 15 is 0 Å². The molecule has 1 unspecified atom stereocenters. The van der Waals surface area contributed by atoms with Crippen molar-refractivity contribution in [1.29, 1.82) is 0 Å². The lowest BCUT2D eigenvalue weighted by Gasteiger charge is -2.33. The number of hydrogen-bond acceptors (Lipinski definition) is 4. The van der Waals surface area contributed by atoms with Crippen molar-refractivity contribution in [2.45, 2.75) is 18.9 Å². The number of carbonyl (C=O) groups excluding carboxylic acids is 2. The molecule has 1 aromatic heterocycles. The second-order valence-electron chi connectivity index (χ2n) is 8.73. The van der Waals surface area contributed by atoms with Gasteiger partial charge in [0.25, 0.3) is 0 Å². The predicted octanol–water partition coefficient (Wildman–Crippen LogP) is 4.11. The molecular weight excluding hydrogens is 426 g/mol. The van der Waals surface area contributed by atoms with Crippen molar-refractivity contribution in [1.82, 2.24) is 15.1 Å². The van der Waals surface area contributed by atoms with Crippen LogP contribution in [0, 0.1) is 5.92 Å². The largest absolute Gasteiger partial charge is 0.341 e. The minimum atomic E-state index is -0.711. The van der Waals surface area contributed by atoms with E-state index in [9.17, 15) is 9.59 Å². The fraction of sp³-hybridized carbons (Fsp3) is 0.222. The summed E-state index contributed by atoms with van der Waals surface area (Å²) in [5.41, 5.74) is 11.0. The van der Waals surface area contributed by atoms with Crippen LogP contribution in [0.3, 0.4) is 0 Å². The van der Waals surface area contributed by atoms with E-state index in [1.807, 2.05) is 60.7 Å². The molecule has 1 aliphatic heterocycles. The van der Waals surface area contributed by atoms with Gasteiger partial charge in [-0.1, -0.05) is 54.6 Å². The molecule has 0 bridgehead atoms. The lowest BCUT2D eigenvalue weighted by Crippen LogP contribution is -2.45. The van der Waals surface area contributed by atoms with Crippen molar-refractivity contribution in [2.75, 3.05) is 18.4 Å². The molecular formula is C27H27N5O2. The number of likely N-dealkylation sites (tertiary alicyclic amines) is 1. The van der Waals surface area contributed by atoms with Gasteiger partial charge >= 0.3 is 0 Å². The fourth-order valence-corrected chi connectivity index (χ4v) is 4.48. The topological polar surface area (TPSA) is 104 Å². The molecule has 4 N–H and O–H groups in total. The average molecular weight is 454 g/mol. The third-order valence-electron chi connectivity index (χ3n) is 6.53. The molecule has 1 fully saturated rings. The van der Waals surface area contributed by atoms with E-state index in [0.29, 0.717) is 25.9 Å². The number of nitrogens with one attached hydrogen (secondary N) is 2. The van der Waals surface area contributed by atoms with Gasteiger partial charge in [0.15, 0.2) is 0 Å². The first-order chi connectivity index (χ1) is 16.6. The van der Waals surface area contributed by atoms with Crippen LogP contribution >= 0.6 is 0 Å². The number of amides is 2. The van der Waals surface area contributed by atoms with Gasteiger partial charge in [0.1, 0.15) is 6.04 Å². The van der Waals surface area contributed by atoms with Crippen LogP contribution in [0.25, 0.3) is 22.0 Å². The Morgan fingerprint density at radius 1 is 0.971 bits per heavy atom. The first-order valence-electron chi connectivity index (χ1n) is 11.5. The van der Waals surface area contributed by atoms with Crippen LogP contribution in [0.5, 0.6) is 0 Å². The van der Waals surface area contributed by atoms with Crippen molar-refractivity contribution in [3.8, 4) is 11.1 Å². The van der Waals surface area contributed by atoms with Crippen molar-refractivity contribution in [3.05, 3.63) is 84.6 Å². The van der Waals surface area contributed by atoms with Gasteiger partial charge in [-0.05, 0) is 47.7 Å². The molecule has 7 heteroatoms. The molecule has 2 amide bonds. The molecule has 0 radical (unpaired) electrons. The number of aromatic amines is 1. The molecule has 34 heavy (non-hydrogen) atoms. The summed E-state index contributed by atoms with van der Waals surface area (Å²) in [6, 6.07) is 22.9. The summed E-state index contributed by atoms with van der Waals surface area (Å²) in [6.45, 7) is 1.04. The molecule has 4 aromatic rings. The van der Waals surface area contributed by atoms with Crippen LogP contribution in [0.1, 0.15) is 24.4 Å². The highest BCUT2D eigenvalue weighted by molar-refractivity contribution is 5.95. The van der Waals surface area contributed by atoms with Gasteiger partial charge in [0.2, 0.25) is 11.8 Å². The van der Waals surface area contributed by atoms with E-state index in [1.54, 1.807) is 11.1 Å². The molecule has 1 saturated heterocycles. The quantitative estimate of drug-likeness (QED) is 0.423. The van der Waals surface area contributed by atoms with Crippen LogP contribution in [0.4, 0.5) is 5.69 Å². The van der Waals surface area contributed by atoms with Gasteiger partial charge < -0.3 is 16.0 Å². The SMILES string of the molecule is NC(C(=O)N1CCC(C(=O)Nc2ccc3[nH]ncc3c2)CC1)c1ccc(-c2ccccc2)cc1. The molecule has 7 nitrogen and oxygen atoms in total. The van der Waals surface area contributed by atoms with Crippen LogP contribution in [-0.2, 0) is 9.59 Å². The minimum absolute atomic E-state index is 0.0178. The van der Waals surface area contributed by atoms with Crippen molar-refractivity contribution >= 4 is 28.4 Å². The number of hydrogen-bond donors (Lipinski definition) is 3. The molecule has 3 aromatic carbocycles. The van der Waals surface area contributed by atoms with Crippen molar-refractivity contribution in [2.24, 2.45) is 11.7 Å².